The summed E-state index contributed by atoms with van der Waals surface area (Å²) in [5.41, 5.74) is 2.08. The topological polar surface area (TPSA) is 30.2 Å². The van der Waals surface area contributed by atoms with E-state index in [-0.39, 0.29) is 5.78 Å². The van der Waals surface area contributed by atoms with Crippen LogP contribution in [0.3, 0.4) is 0 Å². The van der Waals surface area contributed by atoms with Gasteiger partial charge in [-0.2, -0.15) is 0 Å². The molecule has 2 heteroatoms. The summed E-state index contributed by atoms with van der Waals surface area (Å²) in [6.07, 6.45) is 1.36. The normalized spacial score (nSPS) is 10.8. The summed E-state index contributed by atoms with van der Waals surface area (Å²) >= 11 is 0. The Bertz CT molecular complexity index is 494. The molecular weight excluding hydrogens is 188 g/mol. The lowest BCUT2D eigenvalue weighted by Crippen LogP contribution is -1.94. The number of furan rings is 1. The molecule has 2 rings (SSSR count). The molecule has 0 spiro atoms. The first-order chi connectivity index (χ1) is 7.18. The van der Waals surface area contributed by atoms with Crippen molar-refractivity contribution in [3.8, 4) is 0 Å². The van der Waals surface area contributed by atoms with Crippen LogP contribution in [0.15, 0.2) is 28.7 Å². The molecule has 0 bridgehead atoms. The molecule has 1 aromatic heterocycles. The Morgan fingerprint density at radius 1 is 1.33 bits per heavy atom. The van der Waals surface area contributed by atoms with E-state index in [2.05, 4.69) is 0 Å². The Kier molecular flexibility index (Phi) is 2.58. The minimum atomic E-state index is 0.222. The summed E-state index contributed by atoms with van der Waals surface area (Å²) in [6.45, 7) is 3.58. The van der Waals surface area contributed by atoms with Gasteiger partial charge in [0, 0.05) is 17.4 Å². The van der Waals surface area contributed by atoms with E-state index >= 15 is 0 Å². The molecule has 0 aliphatic heterocycles. The van der Waals surface area contributed by atoms with E-state index < -0.39 is 0 Å². The van der Waals surface area contributed by atoms with Gasteiger partial charge in [-0.05, 0) is 26.3 Å². The minimum Gasteiger partial charge on any atom is -0.461 e. The molecule has 0 atom stereocenters. The van der Waals surface area contributed by atoms with Crippen LogP contribution >= 0.6 is 0 Å². The molecule has 0 aliphatic carbocycles. The molecule has 0 saturated carbocycles. The Balaban J connectivity index is 2.40. The predicted octanol–water partition coefficient (Wildman–Crippen LogP) is 3.26. The van der Waals surface area contributed by atoms with E-state index in [0.717, 1.165) is 23.2 Å². The van der Waals surface area contributed by atoms with Crippen LogP contribution in [0.2, 0.25) is 0 Å². The van der Waals surface area contributed by atoms with Crippen molar-refractivity contribution in [1.29, 1.82) is 0 Å². The minimum absolute atomic E-state index is 0.222. The lowest BCUT2D eigenvalue weighted by molar-refractivity contribution is -0.116. The third kappa shape index (κ3) is 1.94. The third-order valence-electron chi connectivity index (χ3n) is 2.63. The fraction of sp³-hybridized carbons (Fsp3) is 0.308. The molecule has 0 radical (unpaired) electrons. The van der Waals surface area contributed by atoms with Crippen LogP contribution in [-0.4, -0.2) is 5.78 Å². The largest absolute Gasteiger partial charge is 0.461 e. The molecule has 2 aromatic rings. The molecule has 1 aromatic carbocycles. The summed E-state index contributed by atoms with van der Waals surface area (Å²) in [4.78, 5) is 11.0. The lowest BCUT2D eigenvalue weighted by atomic mass is 10.0. The summed E-state index contributed by atoms with van der Waals surface area (Å²) < 4.78 is 5.62. The monoisotopic (exact) mass is 202 g/mol. The highest BCUT2D eigenvalue weighted by molar-refractivity contribution is 5.83. The first-order valence-corrected chi connectivity index (χ1v) is 5.15. The van der Waals surface area contributed by atoms with Gasteiger partial charge in [0.1, 0.15) is 17.1 Å². The van der Waals surface area contributed by atoms with Crippen molar-refractivity contribution in [3.05, 3.63) is 35.6 Å². The third-order valence-corrected chi connectivity index (χ3v) is 2.63. The quantitative estimate of drug-likeness (QED) is 0.764. The van der Waals surface area contributed by atoms with Crippen LogP contribution in [0.25, 0.3) is 11.0 Å². The van der Waals surface area contributed by atoms with Gasteiger partial charge in [-0.25, -0.2) is 0 Å². The summed E-state index contributed by atoms with van der Waals surface area (Å²) in [5, 5.41) is 1.14. The first-order valence-electron chi connectivity index (χ1n) is 5.15. The van der Waals surface area contributed by atoms with Crippen LogP contribution in [0.1, 0.15) is 24.7 Å². The van der Waals surface area contributed by atoms with Gasteiger partial charge in [-0.15, -0.1) is 0 Å². The number of fused-ring (bicyclic) bond motifs is 1. The number of carbonyl (C=O) groups excluding carboxylic acids is 1. The fourth-order valence-electron chi connectivity index (χ4n) is 1.83. The molecule has 15 heavy (non-hydrogen) atoms. The molecule has 1 heterocycles. The maximum atomic E-state index is 11.0. The van der Waals surface area contributed by atoms with Gasteiger partial charge in [0.15, 0.2) is 0 Å². The van der Waals surface area contributed by atoms with Crippen molar-refractivity contribution < 1.29 is 9.21 Å². The van der Waals surface area contributed by atoms with Gasteiger partial charge in [0.05, 0.1) is 0 Å². The molecule has 0 amide bonds. The van der Waals surface area contributed by atoms with E-state index in [1.807, 2.05) is 31.2 Å². The second-order valence-electron chi connectivity index (χ2n) is 3.83. The number of hydrogen-bond acceptors (Lipinski definition) is 2. The number of carbonyl (C=O) groups is 1. The number of benzene rings is 1. The highest BCUT2D eigenvalue weighted by Crippen LogP contribution is 2.26. The number of hydrogen-bond donors (Lipinski definition) is 0. The van der Waals surface area contributed by atoms with E-state index in [4.69, 9.17) is 4.42 Å². The van der Waals surface area contributed by atoms with Gasteiger partial charge in [-0.1, -0.05) is 18.2 Å². The van der Waals surface area contributed by atoms with Gasteiger partial charge >= 0.3 is 0 Å². The van der Waals surface area contributed by atoms with Gasteiger partial charge in [0.25, 0.3) is 0 Å². The zero-order valence-corrected chi connectivity index (χ0v) is 9.04. The molecule has 0 saturated heterocycles. The average Bonchev–Trinajstić information content (AvgIpc) is 2.50. The van der Waals surface area contributed by atoms with Gasteiger partial charge in [-0.3, -0.25) is 0 Å². The first kappa shape index (κ1) is 9.97. The SMILES string of the molecule is CC(=O)CCc1c(C)oc2ccccc12. The number of rotatable bonds is 3. The molecule has 78 valence electrons. The van der Waals surface area contributed by atoms with Gasteiger partial charge in [0.2, 0.25) is 0 Å². The second-order valence-corrected chi connectivity index (χ2v) is 3.83. The Morgan fingerprint density at radius 3 is 2.80 bits per heavy atom. The second kappa shape index (κ2) is 3.89. The maximum absolute atomic E-state index is 11.0. The number of para-hydroxylation sites is 1. The molecular formula is C13H14O2. The highest BCUT2D eigenvalue weighted by Gasteiger charge is 2.10. The molecule has 0 aliphatic rings. The average molecular weight is 202 g/mol. The van der Waals surface area contributed by atoms with E-state index in [0.29, 0.717) is 6.42 Å². The standard InChI is InChI=1S/C13H14O2/c1-9(14)7-8-11-10(2)15-13-6-4-3-5-12(11)13/h3-6H,7-8H2,1-2H3. The zero-order chi connectivity index (χ0) is 10.8. The molecule has 2 nitrogen and oxygen atoms in total. The Labute approximate surface area is 88.9 Å². The zero-order valence-electron chi connectivity index (χ0n) is 9.04. The van der Waals surface area contributed by atoms with Crippen LogP contribution in [-0.2, 0) is 11.2 Å². The van der Waals surface area contributed by atoms with Crippen LogP contribution < -0.4 is 0 Å². The van der Waals surface area contributed by atoms with Crippen molar-refractivity contribution >= 4 is 16.8 Å². The smallest absolute Gasteiger partial charge is 0.134 e. The number of Topliss-reactive ketones (excluding diaryl/α,β-unsaturated/α-hetero) is 1. The van der Waals surface area contributed by atoms with Crippen molar-refractivity contribution in [2.75, 3.05) is 0 Å². The van der Waals surface area contributed by atoms with Crippen LogP contribution in [0.5, 0.6) is 0 Å². The van der Waals surface area contributed by atoms with E-state index in [1.165, 1.54) is 5.56 Å². The van der Waals surface area contributed by atoms with Crippen molar-refractivity contribution in [1.82, 2.24) is 0 Å². The summed E-state index contributed by atoms with van der Waals surface area (Å²) in [5.74, 6) is 1.15. The van der Waals surface area contributed by atoms with Crippen molar-refractivity contribution in [2.24, 2.45) is 0 Å². The number of ketones is 1. The predicted molar refractivity (Wildman–Crippen MR) is 60.0 cm³/mol. The highest BCUT2D eigenvalue weighted by atomic mass is 16.3. The Hall–Kier alpha value is -1.57. The van der Waals surface area contributed by atoms with E-state index in [1.54, 1.807) is 6.92 Å². The lowest BCUT2D eigenvalue weighted by Gasteiger charge is -1.96. The summed E-state index contributed by atoms with van der Waals surface area (Å²) in [6, 6.07) is 7.95. The van der Waals surface area contributed by atoms with Gasteiger partial charge < -0.3 is 9.21 Å². The summed E-state index contributed by atoms with van der Waals surface area (Å²) in [7, 11) is 0. The van der Waals surface area contributed by atoms with Crippen molar-refractivity contribution in [2.45, 2.75) is 26.7 Å². The molecule has 0 N–H and O–H groups in total. The van der Waals surface area contributed by atoms with Crippen LogP contribution in [0, 0.1) is 6.92 Å². The van der Waals surface area contributed by atoms with Crippen molar-refractivity contribution in [3.63, 3.8) is 0 Å². The van der Waals surface area contributed by atoms with Crippen LogP contribution in [0.4, 0.5) is 0 Å². The maximum Gasteiger partial charge on any atom is 0.134 e. The fourth-order valence-corrected chi connectivity index (χ4v) is 1.83. The number of aryl methyl sites for hydroxylation is 2. The Morgan fingerprint density at radius 2 is 2.07 bits per heavy atom. The van der Waals surface area contributed by atoms with E-state index in [9.17, 15) is 4.79 Å². The molecule has 0 unspecified atom stereocenters. The molecule has 0 fully saturated rings.